The van der Waals surface area contributed by atoms with Gasteiger partial charge in [0.05, 0.1) is 18.8 Å². The summed E-state index contributed by atoms with van der Waals surface area (Å²) in [5.41, 5.74) is 0.413. The monoisotopic (exact) mass is 456 g/mol. The third kappa shape index (κ3) is 6.58. The summed E-state index contributed by atoms with van der Waals surface area (Å²) in [6, 6.07) is 4.56. The third-order valence-electron chi connectivity index (χ3n) is 5.98. The van der Waals surface area contributed by atoms with Crippen LogP contribution in [0, 0.1) is 5.92 Å². The van der Waals surface area contributed by atoms with E-state index < -0.39 is 6.10 Å². The molecule has 166 valence electrons. The van der Waals surface area contributed by atoms with Gasteiger partial charge >= 0.3 is 0 Å². The Morgan fingerprint density at radius 3 is 2.40 bits per heavy atom. The highest BCUT2D eigenvalue weighted by atomic mass is 35.5. The van der Waals surface area contributed by atoms with Crippen LogP contribution in [-0.2, 0) is 9.53 Å². The molecule has 2 aliphatic rings. The normalized spacial score (nSPS) is 25.0. The van der Waals surface area contributed by atoms with Crippen molar-refractivity contribution >= 4 is 35.0 Å². The zero-order valence-electron chi connectivity index (χ0n) is 17.0. The van der Waals surface area contributed by atoms with E-state index in [2.05, 4.69) is 10.6 Å². The van der Waals surface area contributed by atoms with Crippen molar-refractivity contribution in [2.75, 3.05) is 13.2 Å². The minimum Gasteiger partial charge on any atom is -0.394 e. The van der Waals surface area contributed by atoms with Crippen LogP contribution in [0.15, 0.2) is 18.2 Å². The summed E-state index contributed by atoms with van der Waals surface area (Å²) in [6.07, 6.45) is 6.98. The number of hydrogen-bond donors (Lipinski definition) is 3. The van der Waals surface area contributed by atoms with Gasteiger partial charge in [-0.1, -0.05) is 42.5 Å². The Morgan fingerprint density at radius 2 is 1.73 bits per heavy atom. The molecule has 30 heavy (non-hydrogen) atoms. The molecule has 0 radical (unpaired) electrons. The lowest BCUT2D eigenvalue weighted by molar-refractivity contribution is -0.132. The van der Waals surface area contributed by atoms with Crippen molar-refractivity contribution in [3.63, 3.8) is 0 Å². The van der Waals surface area contributed by atoms with Crippen molar-refractivity contribution in [1.82, 2.24) is 10.6 Å². The highest BCUT2D eigenvalue weighted by Gasteiger charge is 2.33. The predicted molar refractivity (Wildman–Crippen MR) is 117 cm³/mol. The van der Waals surface area contributed by atoms with Crippen molar-refractivity contribution in [1.29, 1.82) is 0 Å². The molecule has 6 nitrogen and oxygen atoms in total. The lowest BCUT2D eigenvalue weighted by Crippen LogP contribution is -2.52. The SMILES string of the molecule is O=C(NCC[C@@H]1CC[C@H](NC(=O)C2CCCCC2)[C@H](CO)O1)c1cc(Cl)cc(Cl)c1. The molecule has 0 aromatic heterocycles. The first-order chi connectivity index (χ1) is 14.5. The molecule has 3 rings (SSSR count). The highest BCUT2D eigenvalue weighted by Crippen LogP contribution is 2.26. The fourth-order valence-electron chi connectivity index (χ4n) is 4.31. The summed E-state index contributed by atoms with van der Waals surface area (Å²) in [5, 5.41) is 16.5. The number of aliphatic hydroxyl groups is 1. The largest absolute Gasteiger partial charge is 0.394 e. The Hall–Kier alpha value is -1.34. The molecule has 2 fully saturated rings. The molecule has 2 amide bonds. The van der Waals surface area contributed by atoms with Gasteiger partial charge in [-0.25, -0.2) is 0 Å². The van der Waals surface area contributed by atoms with Crippen molar-refractivity contribution in [2.24, 2.45) is 5.92 Å². The van der Waals surface area contributed by atoms with E-state index in [0.717, 1.165) is 38.5 Å². The molecule has 1 saturated heterocycles. The topological polar surface area (TPSA) is 87.7 Å². The number of halogens is 2. The van der Waals surface area contributed by atoms with Gasteiger partial charge < -0.3 is 20.5 Å². The van der Waals surface area contributed by atoms with Gasteiger partial charge in [-0.05, 0) is 50.3 Å². The summed E-state index contributed by atoms with van der Waals surface area (Å²) in [6.45, 7) is 0.296. The molecular weight excluding hydrogens is 427 g/mol. The lowest BCUT2D eigenvalue weighted by Gasteiger charge is -2.37. The summed E-state index contributed by atoms with van der Waals surface area (Å²) >= 11 is 11.9. The van der Waals surface area contributed by atoms with Gasteiger partial charge in [0.25, 0.3) is 5.91 Å². The Labute approximate surface area is 187 Å². The Kier molecular flexibility index (Phi) is 8.81. The number of rotatable bonds is 7. The van der Waals surface area contributed by atoms with E-state index in [9.17, 15) is 14.7 Å². The predicted octanol–water partition coefficient (Wildman–Crippen LogP) is 3.72. The standard InChI is InChI=1S/C22H30Cl2N2O4/c23-16-10-15(11-17(24)12-16)21(28)25-9-8-18-6-7-19(20(13-27)30-18)26-22(29)14-4-2-1-3-5-14/h10-12,14,18-20,27H,1-9,13H2,(H,25,28)(H,26,29)/t18-,19-,20-/m0/s1. The highest BCUT2D eigenvalue weighted by molar-refractivity contribution is 6.35. The second-order valence-electron chi connectivity index (χ2n) is 8.21. The number of nitrogens with one attached hydrogen (secondary N) is 2. The first kappa shape index (κ1) is 23.3. The number of amides is 2. The molecule has 1 aromatic carbocycles. The van der Waals surface area contributed by atoms with Gasteiger partial charge in [0.2, 0.25) is 5.91 Å². The van der Waals surface area contributed by atoms with Crippen molar-refractivity contribution in [3.05, 3.63) is 33.8 Å². The van der Waals surface area contributed by atoms with Crippen LogP contribution in [0.25, 0.3) is 0 Å². The number of carbonyl (C=O) groups is 2. The molecule has 1 heterocycles. The van der Waals surface area contributed by atoms with Crippen LogP contribution in [0.3, 0.4) is 0 Å². The maximum Gasteiger partial charge on any atom is 0.251 e. The number of ether oxygens (including phenoxy) is 1. The average molecular weight is 457 g/mol. The Morgan fingerprint density at radius 1 is 1.03 bits per heavy atom. The molecule has 0 bridgehead atoms. The Bertz CT molecular complexity index is 720. The van der Waals surface area contributed by atoms with Gasteiger partial charge in [-0.15, -0.1) is 0 Å². The Balaban J connectivity index is 1.43. The van der Waals surface area contributed by atoms with Gasteiger partial charge in [0.15, 0.2) is 0 Å². The molecule has 0 unspecified atom stereocenters. The minimum atomic E-state index is -0.418. The van der Waals surface area contributed by atoms with Crippen LogP contribution >= 0.6 is 23.2 Å². The summed E-state index contributed by atoms with van der Waals surface area (Å²) in [5.74, 6) is -0.0646. The summed E-state index contributed by atoms with van der Waals surface area (Å²) in [7, 11) is 0. The van der Waals surface area contributed by atoms with Crippen LogP contribution in [-0.4, -0.2) is 48.3 Å². The second kappa shape index (κ2) is 11.3. The maximum atomic E-state index is 12.5. The molecule has 1 aromatic rings. The molecule has 3 atom stereocenters. The number of aliphatic hydroxyl groups excluding tert-OH is 1. The van der Waals surface area contributed by atoms with E-state index in [0.29, 0.717) is 28.6 Å². The molecule has 1 aliphatic carbocycles. The summed E-state index contributed by atoms with van der Waals surface area (Å²) < 4.78 is 6.00. The average Bonchev–Trinajstić information content (AvgIpc) is 2.74. The fourth-order valence-corrected chi connectivity index (χ4v) is 4.83. The van der Waals surface area contributed by atoms with Crippen LogP contribution in [0.1, 0.15) is 61.7 Å². The number of benzene rings is 1. The lowest BCUT2D eigenvalue weighted by atomic mass is 9.88. The smallest absolute Gasteiger partial charge is 0.251 e. The molecule has 3 N–H and O–H groups in total. The zero-order valence-corrected chi connectivity index (χ0v) is 18.6. The molecule has 8 heteroatoms. The molecular formula is C22H30Cl2N2O4. The molecule has 1 aliphatic heterocycles. The minimum absolute atomic E-state index is 0.0757. The summed E-state index contributed by atoms with van der Waals surface area (Å²) in [4.78, 5) is 24.8. The first-order valence-corrected chi connectivity index (χ1v) is 11.5. The van der Waals surface area contributed by atoms with E-state index in [4.69, 9.17) is 27.9 Å². The molecule has 0 spiro atoms. The van der Waals surface area contributed by atoms with E-state index in [1.165, 1.54) is 6.42 Å². The van der Waals surface area contributed by atoms with Crippen LogP contribution in [0.5, 0.6) is 0 Å². The van der Waals surface area contributed by atoms with Gasteiger partial charge in [0, 0.05) is 28.1 Å². The van der Waals surface area contributed by atoms with E-state index in [1.807, 2.05) is 0 Å². The van der Waals surface area contributed by atoms with Crippen LogP contribution in [0.2, 0.25) is 10.0 Å². The van der Waals surface area contributed by atoms with Crippen molar-refractivity contribution in [3.8, 4) is 0 Å². The molecule has 1 saturated carbocycles. The van der Waals surface area contributed by atoms with E-state index >= 15 is 0 Å². The second-order valence-corrected chi connectivity index (χ2v) is 9.08. The van der Waals surface area contributed by atoms with E-state index in [1.54, 1.807) is 18.2 Å². The van der Waals surface area contributed by atoms with Crippen molar-refractivity contribution < 1.29 is 19.4 Å². The zero-order chi connectivity index (χ0) is 21.5. The van der Waals surface area contributed by atoms with Crippen molar-refractivity contribution in [2.45, 2.75) is 69.6 Å². The van der Waals surface area contributed by atoms with Gasteiger partial charge in [0.1, 0.15) is 6.10 Å². The first-order valence-electron chi connectivity index (χ1n) is 10.8. The number of hydrogen-bond acceptors (Lipinski definition) is 4. The quantitative estimate of drug-likeness (QED) is 0.583. The number of carbonyl (C=O) groups excluding carboxylic acids is 2. The maximum absolute atomic E-state index is 12.5. The van der Waals surface area contributed by atoms with Gasteiger partial charge in [-0.2, -0.15) is 0 Å². The van der Waals surface area contributed by atoms with Gasteiger partial charge in [-0.3, -0.25) is 9.59 Å². The third-order valence-corrected chi connectivity index (χ3v) is 6.41. The van der Waals surface area contributed by atoms with Crippen LogP contribution < -0.4 is 10.6 Å². The van der Waals surface area contributed by atoms with E-state index in [-0.39, 0.29) is 36.5 Å². The van der Waals surface area contributed by atoms with Crippen LogP contribution in [0.4, 0.5) is 0 Å². The fraction of sp³-hybridized carbons (Fsp3) is 0.636.